The number of piperidine rings is 3. The molecule has 5 heterocycles. The molecule has 0 aliphatic carbocycles. The molecule has 4 saturated heterocycles. The normalized spacial score (nSPS) is 32.3. The van der Waals surface area contributed by atoms with Gasteiger partial charge in [-0.1, -0.05) is 34.5 Å². The van der Waals surface area contributed by atoms with Gasteiger partial charge in [0.05, 0.1) is 20.3 Å². The first-order valence-corrected chi connectivity index (χ1v) is 9.69. The molecule has 0 radical (unpaired) electrons. The molecule has 5 nitrogen and oxygen atoms in total. The van der Waals surface area contributed by atoms with E-state index in [0.717, 1.165) is 29.0 Å². The first-order chi connectivity index (χ1) is 11.6. The molecule has 1 aromatic carbocycles. The number of halogens is 3. The number of nitrogens with zero attached hydrogens (tertiary/aromatic N) is 3. The lowest BCUT2D eigenvalue weighted by Gasteiger charge is -2.49. The number of aromatic nitrogens is 1. The van der Waals surface area contributed by atoms with Crippen LogP contribution in [0.3, 0.4) is 0 Å². The van der Waals surface area contributed by atoms with Crippen molar-refractivity contribution in [2.24, 2.45) is 10.9 Å². The SMILES string of the molecule is Cl.Clc1ccc2nc(N=C3C[C@@]4(CN5CCC4CC5)ON3)sc2c1Cl. The van der Waals surface area contributed by atoms with Crippen LogP contribution in [0.25, 0.3) is 10.2 Å². The second-order valence-corrected chi connectivity index (χ2v) is 8.52. The summed E-state index contributed by atoms with van der Waals surface area (Å²) in [5.74, 6) is 1.47. The molecule has 1 N–H and O–H groups in total. The van der Waals surface area contributed by atoms with Gasteiger partial charge in [0.25, 0.3) is 0 Å². The molecule has 25 heavy (non-hydrogen) atoms. The van der Waals surface area contributed by atoms with E-state index >= 15 is 0 Å². The van der Waals surface area contributed by atoms with Crippen LogP contribution in [-0.2, 0) is 4.84 Å². The minimum absolute atomic E-state index is 0. The number of hydrogen-bond donors (Lipinski definition) is 1. The second-order valence-electron chi connectivity index (χ2n) is 6.76. The van der Waals surface area contributed by atoms with Crippen molar-refractivity contribution in [3.05, 3.63) is 22.2 Å². The van der Waals surface area contributed by atoms with Gasteiger partial charge < -0.3 is 4.90 Å². The molecule has 1 aromatic heterocycles. The van der Waals surface area contributed by atoms with Crippen molar-refractivity contribution in [2.45, 2.75) is 24.9 Å². The molecule has 2 bridgehead atoms. The fraction of sp³-hybridized carbons (Fsp3) is 0.500. The molecule has 4 fully saturated rings. The Bertz CT molecular complexity index is 849. The average Bonchev–Trinajstić information content (AvgIpc) is 3.17. The van der Waals surface area contributed by atoms with E-state index in [0.29, 0.717) is 21.1 Å². The van der Waals surface area contributed by atoms with Gasteiger partial charge >= 0.3 is 0 Å². The lowest BCUT2D eigenvalue weighted by atomic mass is 9.74. The Kier molecular flexibility index (Phi) is 4.63. The van der Waals surface area contributed by atoms with E-state index in [-0.39, 0.29) is 18.0 Å². The first kappa shape index (κ1) is 17.8. The van der Waals surface area contributed by atoms with Gasteiger partial charge in [-0.25, -0.2) is 9.98 Å². The molecule has 9 heteroatoms. The van der Waals surface area contributed by atoms with Crippen molar-refractivity contribution in [3.8, 4) is 0 Å². The number of rotatable bonds is 1. The molecule has 1 spiro atoms. The maximum absolute atomic E-state index is 6.26. The van der Waals surface area contributed by atoms with Crippen LogP contribution >= 0.6 is 46.9 Å². The van der Waals surface area contributed by atoms with Gasteiger partial charge in [0.15, 0.2) is 0 Å². The molecular weight excluding hydrogens is 403 g/mol. The third kappa shape index (κ3) is 2.93. The summed E-state index contributed by atoms with van der Waals surface area (Å²) >= 11 is 13.8. The van der Waals surface area contributed by atoms with Crippen LogP contribution in [0.4, 0.5) is 5.13 Å². The highest BCUT2D eigenvalue weighted by molar-refractivity contribution is 7.22. The maximum atomic E-state index is 6.26. The molecule has 2 aromatic rings. The predicted octanol–water partition coefficient (Wildman–Crippen LogP) is 4.44. The van der Waals surface area contributed by atoms with Crippen LogP contribution in [0.2, 0.25) is 10.0 Å². The second kappa shape index (κ2) is 6.51. The van der Waals surface area contributed by atoms with Crippen molar-refractivity contribution >= 4 is 68.1 Å². The largest absolute Gasteiger partial charge is 0.300 e. The predicted molar refractivity (Wildman–Crippen MR) is 105 cm³/mol. The fourth-order valence-electron chi connectivity index (χ4n) is 4.11. The van der Waals surface area contributed by atoms with Gasteiger partial charge in [-0.3, -0.25) is 10.3 Å². The monoisotopic (exact) mass is 418 g/mol. The van der Waals surface area contributed by atoms with E-state index in [1.807, 2.05) is 6.07 Å². The van der Waals surface area contributed by atoms with Gasteiger partial charge in [0.1, 0.15) is 11.4 Å². The van der Waals surface area contributed by atoms with Crippen molar-refractivity contribution in [1.29, 1.82) is 0 Å². The molecule has 4 aliphatic rings. The lowest BCUT2D eigenvalue weighted by Crippen LogP contribution is -2.59. The zero-order chi connectivity index (χ0) is 16.3. The Morgan fingerprint density at radius 2 is 2.12 bits per heavy atom. The number of thiazole rings is 1. The van der Waals surface area contributed by atoms with Crippen LogP contribution in [-0.4, -0.2) is 41.0 Å². The molecule has 0 unspecified atom stereocenters. The Morgan fingerprint density at radius 3 is 2.84 bits per heavy atom. The van der Waals surface area contributed by atoms with E-state index in [2.05, 4.69) is 20.4 Å². The summed E-state index contributed by atoms with van der Waals surface area (Å²) in [5, 5.41) is 1.77. The number of hydroxylamine groups is 1. The molecule has 4 aliphatic heterocycles. The van der Waals surface area contributed by atoms with Crippen molar-refractivity contribution in [2.75, 3.05) is 19.6 Å². The summed E-state index contributed by atoms with van der Waals surface area (Å²) in [6.45, 7) is 3.38. The van der Waals surface area contributed by atoms with Gasteiger partial charge in [0.2, 0.25) is 5.13 Å². The number of amidine groups is 1. The highest BCUT2D eigenvalue weighted by Crippen LogP contribution is 2.43. The summed E-state index contributed by atoms with van der Waals surface area (Å²) in [6.07, 6.45) is 3.24. The molecule has 0 amide bonds. The number of fused-ring (bicyclic) bond motifs is 3. The molecule has 134 valence electrons. The zero-order valence-electron chi connectivity index (χ0n) is 13.3. The maximum Gasteiger partial charge on any atom is 0.212 e. The smallest absolute Gasteiger partial charge is 0.212 e. The number of hydrogen-bond acceptors (Lipinski definition) is 5. The minimum Gasteiger partial charge on any atom is -0.300 e. The van der Waals surface area contributed by atoms with E-state index in [4.69, 9.17) is 28.0 Å². The summed E-state index contributed by atoms with van der Waals surface area (Å²) < 4.78 is 0.875. The summed E-state index contributed by atoms with van der Waals surface area (Å²) in [5.41, 5.74) is 3.76. The Hall–Kier alpha value is -0.630. The number of aliphatic imine (C=N–C) groups is 1. The zero-order valence-corrected chi connectivity index (χ0v) is 16.4. The van der Waals surface area contributed by atoms with Gasteiger partial charge in [-0.15, -0.1) is 12.4 Å². The quantitative estimate of drug-likeness (QED) is 0.742. The van der Waals surface area contributed by atoms with Crippen LogP contribution < -0.4 is 5.48 Å². The summed E-state index contributed by atoms with van der Waals surface area (Å²) in [6, 6.07) is 3.64. The Labute approximate surface area is 165 Å². The van der Waals surface area contributed by atoms with E-state index in [9.17, 15) is 0 Å². The third-order valence-corrected chi connectivity index (χ3v) is 7.23. The highest BCUT2D eigenvalue weighted by Gasteiger charge is 2.52. The fourth-order valence-corrected chi connectivity index (χ4v) is 5.50. The van der Waals surface area contributed by atoms with E-state index in [1.165, 1.54) is 37.3 Å². The van der Waals surface area contributed by atoms with Crippen molar-refractivity contribution < 1.29 is 4.84 Å². The van der Waals surface area contributed by atoms with Crippen molar-refractivity contribution in [1.82, 2.24) is 15.4 Å². The number of benzene rings is 1. The topological polar surface area (TPSA) is 49.8 Å². The van der Waals surface area contributed by atoms with Crippen molar-refractivity contribution in [3.63, 3.8) is 0 Å². The van der Waals surface area contributed by atoms with Crippen LogP contribution in [0.15, 0.2) is 17.1 Å². The molecule has 1 atom stereocenters. The van der Waals surface area contributed by atoms with Crippen LogP contribution in [0.1, 0.15) is 19.3 Å². The first-order valence-electron chi connectivity index (χ1n) is 8.11. The van der Waals surface area contributed by atoms with Crippen LogP contribution in [0.5, 0.6) is 0 Å². The van der Waals surface area contributed by atoms with Gasteiger partial charge in [-0.05, 0) is 44.0 Å². The van der Waals surface area contributed by atoms with E-state index < -0.39 is 0 Å². The Morgan fingerprint density at radius 1 is 1.32 bits per heavy atom. The Balaban J connectivity index is 0.00000157. The molecule has 0 saturated carbocycles. The minimum atomic E-state index is -0.118. The number of nitrogens with one attached hydrogen (secondary N) is 1. The third-order valence-electron chi connectivity index (χ3n) is 5.33. The standard InChI is InChI=1S/C16H16Cl2N4OS.ClH/c17-10-1-2-11-14(13(10)18)24-15(19-11)20-12-7-16(23-21-12)8-22-5-3-9(16)4-6-22;/h1-2,9H,3-8H2,(H,19,20,21);1H/t16-;/m0./s1. The molecule has 6 rings (SSSR count). The summed E-state index contributed by atoms with van der Waals surface area (Å²) in [4.78, 5) is 17.7. The highest BCUT2D eigenvalue weighted by atomic mass is 35.5. The lowest BCUT2D eigenvalue weighted by molar-refractivity contribution is -0.150. The average molecular weight is 420 g/mol. The van der Waals surface area contributed by atoms with Crippen LogP contribution in [0, 0.1) is 5.92 Å². The van der Waals surface area contributed by atoms with E-state index in [1.54, 1.807) is 6.07 Å². The summed E-state index contributed by atoms with van der Waals surface area (Å²) in [7, 11) is 0. The molecular formula is C16H17Cl3N4OS. The van der Waals surface area contributed by atoms with Gasteiger partial charge in [0, 0.05) is 13.0 Å². The van der Waals surface area contributed by atoms with Gasteiger partial charge in [-0.2, -0.15) is 0 Å².